The number of carbonyl (C=O) groups excluding carboxylic acids is 1. The van der Waals surface area contributed by atoms with E-state index in [9.17, 15) is 9.18 Å². The molecule has 3 N–H and O–H groups in total. The van der Waals surface area contributed by atoms with Gasteiger partial charge >= 0.3 is 0 Å². The summed E-state index contributed by atoms with van der Waals surface area (Å²) in [7, 11) is 1.64. The first-order chi connectivity index (χ1) is 12.5. The fraction of sp³-hybridized carbons (Fsp3) is 0.316. The molecule has 0 spiro atoms. The van der Waals surface area contributed by atoms with Crippen molar-refractivity contribution in [3.05, 3.63) is 59.0 Å². The van der Waals surface area contributed by atoms with Gasteiger partial charge < -0.3 is 16.0 Å². The summed E-state index contributed by atoms with van der Waals surface area (Å²) in [5.41, 5.74) is 2.47. The number of carbonyl (C=O) groups is 1. The first-order valence-electron chi connectivity index (χ1n) is 8.40. The second-order valence-electron chi connectivity index (χ2n) is 5.96. The molecule has 0 unspecified atom stereocenters. The number of amides is 1. The molecule has 1 heterocycles. The van der Waals surface area contributed by atoms with Gasteiger partial charge in [-0.25, -0.2) is 9.37 Å². The van der Waals surface area contributed by atoms with Crippen molar-refractivity contribution in [2.75, 3.05) is 18.9 Å². The van der Waals surface area contributed by atoms with Crippen LogP contribution < -0.4 is 16.0 Å². The van der Waals surface area contributed by atoms with Crippen LogP contribution in [0.3, 0.4) is 0 Å². The fourth-order valence-electron chi connectivity index (χ4n) is 2.19. The first kappa shape index (κ1) is 19.4. The molecule has 2 rings (SSSR count). The van der Waals surface area contributed by atoms with Gasteiger partial charge in [-0.2, -0.15) is 0 Å². The van der Waals surface area contributed by atoms with Gasteiger partial charge in [-0.05, 0) is 42.7 Å². The average Bonchev–Trinajstić information content (AvgIpc) is 2.62. The fourth-order valence-corrected chi connectivity index (χ4v) is 2.19. The molecule has 0 saturated carbocycles. The normalized spacial score (nSPS) is 11.2. The van der Waals surface area contributed by atoms with Gasteiger partial charge in [0.1, 0.15) is 11.6 Å². The Morgan fingerprint density at radius 3 is 2.65 bits per heavy atom. The minimum atomic E-state index is -0.228. The summed E-state index contributed by atoms with van der Waals surface area (Å²) < 4.78 is 13.6. The van der Waals surface area contributed by atoms with Gasteiger partial charge in [0.15, 0.2) is 5.96 Å². The molecular formula is C19H24FN5O. The van der Waals surface area contributed by atoms with Gasteiger partial charge in [-0.15, -0.1) is 0 Å². The maximum Gasteiger partial charge on any atom is 0.227 e. The lowest BCUT2D eigenvalue weighted by atomic mass is 10.1. The van der Waals surface area contributed by atoms with Crippen molar-refractivity contribution in [1.82, 2.24) is 15.6 Å². The van der Waals surface area contributed by atoms with Crippen molar-refractivity contribution < 1.29 is 9.18 Å². The molecule has 0 fully saturated rings. The number of nitrogens with one attached hydrogen (secondary N) is 3. The number of hydrogen-bond acceptors (Lipinski definition) is 3. The zero-order valence-corrected chi connectivity index (χ0v) is 15.3. The van der Waals surface area contributed by atoms with Crippen molar-refractivity contribution in [3.63, 3.8) is 0 Å². The first-order valence-corrected chi connectivity index (χ1v) is 8.40. The molecule has 1 aromatic carbocycles. The van der Waals surface area contributed by atoms with E-state index < -0.39 is 0 Å². The molecule has 0 bridgehead atoms. The summed E-state index contributed by atoms with van der Waals surface area (Å²) in [6, 6.07) is 8.76. The predicted molar refractivity (Wildman–Crippen MR) is 102 cm³/mol. The average molecular weight is 357 g/mol. The van der Waals surface area contributed by atoms with Crippen molar-refractivity contribution >= 4 is 17.7 Å². The lowest BCUT2D eigenvalue weighted by molar-refractivity contribution is -0.116. The molecular weight excluding hydrogens is 333 g/mol. The topological polar surface area (TPSA) is 78.4 Å². The van der Waals surface area contributed by atoms with E-state index in [4.69, 9.17) is 0 Å². The molecule has 0 aliphatic heterocycles. The lowest BCUT2D eigenvalue weighted by Crippen LogP contribution is -2.38. The van der Waals surface area contributed by atoms with Crippen LogP contribution >= 0.6 is 0 Å². The minimum absolute atomic E-state index is 0.134. The molecule has 138 valence electrons. The van der Waals surface area contributed by atoms with Crippen molar-refractivity contribution in [2.24, 2.45) is 4.99 Å². The molecule has 26 heavy (non-hydrogen) atoms. The highest BCUT2D eigenvalue weighted by Gasteiger charge is 2.05. The smallest absolute Gasteiger partial charge is 0.227 e. The second-order valence-corrected chi connectivity index (χ2v) is 5.96. The second kappa shape index (κ2) is 9.50. The largest absolute Gasteiger partial charge is 0.356 e. The Morgan fingerprint density at radius 1 is 1.19 bits per heavy atom. The Morgan fingerprint density at radius 2 is 2.00 bits per heavy atom. The predicted octanol–water partition coefficient (Wildman–Crippen LogP) is 2.53. The van der Waals surface area contributed by atoms with Gasteiger partial charge in [-0.1, -0.05) is 18.2 Å². The molecule has 0 atom stereocenters. The Balaban J connectivity index is 1.73. The molecule has 6 nitrogen and oxygen atoms in total. The monoisotopic (exact) mass is 357 g/mol. The summed E-state index contributed by atoms with van der Waals surface area (Å²) in [6.45, 7) is 4.52. The van der Waals surface area contributed by atoms with Gasteiger partial charge in [-0.3, -0.25) is 9.79 Å². The summed E-state index contributed by atoms with van der Waals surface area (Å²) in [5, 5.41) is 8.88. The third kappa shape index (κ3) is 6.16. The minimum Gasteiger partial charge on any atom is -0.356 e. The summed E-state index contributed by atoms with van der Waals surface area (Å²) >= 11 is 0. The SMILES string of the molecule is CN=C(NCCC(=O)Nc1ccc(C)cn1)NCc1ccc(C)c(F)c1. The molecule has 1 amide bonds. The van der Waals surface area contributed by atoms with Crippen LogP contribution in [0.15, 0.2) is 41.5 Å². The van der Waals surface area contributed by atoms with E-state index >= 15 is 0 Å². The van der Waals surface area contributed by atoms with E-state index in [1.54, 1.807) is 32.3 Å². The standard InChI is InChI=1S/C19H24FN5O/c1-13-4-7-17(23-11-13)25-18(26)8-9-22-19(21-3)24-12-15-6-5-14(2)16(20)10-15/h4-7,10-11H,8-9,12H2,1-3H3,(H2,21,22,24)(H,23,25,26). The van der Waals surface area contributed by atoms with E-state index in [0.29, 0.717) is 30.4 Å². The Kier molecular flexibility index (Phi) is 7.08. The number of anilines is 1. The zero-order valence-electron chi connectivity index (χ0n) is 15.3. The highest BCUT2D eigenvalue weighted by molar-refractivity contribution is 5.90. The maximum absolute atomic E-state index is 13.6. The van der Waals surface area contributed by atoms with Gasteiger partial charge in [0, 0.05) is 32.8 Å². The van der Waals surface area contributed by atoms with Crippen molar-refractivity contribution in [1.29, 1.82) is 0 Å². The van der Waals surface area contributed by atoms with Crippen molar-refractivity contribution in [2.45, 2.75) is 26.8 Å². The van der Waals surface area contributed by atoms with Gasteiger partial charge in [0.25, 0.3) is 0 Å². The third-order valence-electron chi connectivity index (χ3n) is 3.74. The number of aliphatic imine (C=N–C) groups is 1. The molecule has 7 heteroatoms. The van der Waals surface area contributed by atoms with Crippen LogP contribution in [0.25, 0.3) is 0 Å². The van der Waals surface area contributed by atoms with Gasteiger partial charge in [0.05, 0.1) is 0 Å². The van der Waals surface area contributed by atoms with Crippen LogP contribution in [0.2, 0.25) is 0 Å². The van der Waals surface area contributed by atoms with Crippen LogP contribution in [0.5, 0.6) is 0 Å². The van der Waals surface area contributed by atoms with Crippen LogP contribution in [-0.2, 0) is 11.3 Å². The van der Waals surface area contributed by atoms with E-state index in [1.165, 1.54) is 6.07 Å². The highest BCUT2D eigenvalue weighted by Crippen LogP contribution is 2.08. The molecule has 1 aromatic heterocycles. The third-order valence-corrected chi connectivity index (χ3v) is 3.74. The van der Waals surface area contributed by atoms with Crippen LogP contribution in [-0.4, -0.2) is 30.4 Å². The number of guanidine groups is 1. The summed E-state index contributed by atoms with van der Waals surface area (Å²) in [5.74, 6) is 0.718. The summed E-state index contributed by atoms with van der Waals surface area (Å²) in [6.07, 6.45) is 1.98. The van der Waals surface area contributed by atoms with E-state index in [2.05, 4.69) is 25.9 Å². The Labute approximate surface area is 152 Å². The van der Waals surface area contributed by atoms with E-state index in [0.717, 1.165) is 11.1 Å². The van der Waals surface area contributed by atoms with Crippen molar-refractivity contribution in [3.8, 4) is 0 Å². The molecule has 2 aromatic rings. The van der Waals surface area contributed by atoms with Gasteiger partial charge in [0.2, 0.25) is 5.91 Å². The van der Waals surface area contributed by atoms with E-state index in [1.807, 2.05) is 19.1 Å². The van der Waals surface area contributed by atoms with E-state index in [-0.39, 0.29) is 18.1 Å². The quantitative estimate of drug-likeness (QED) is 0.548. The summed E-state index contributed by atoms with van der Waals surface area (Å²) in [4.78, 5) is 20.1. The number of aromatic nitrogens is 1. The molecule has 0 aliphatic carbocycles. The highest BCUT2D eigenvalue weighted by atomic mass is 19.1. The van der Waals surface area contributed by atoms with Crippen LogP contribution in [0.4, 0.5) is 10.2 Å². The number of halogens is 1. The Bertz CT molecular complexity index is 774. The van der Waals surface area contributed by atoms with Crippen LogP contribution in [0.1, 0.15) is 23.1 Å². The molecule has 0 radical (unpaired) electrons. The number of pyridine rings is 1. The zero-order chi connectivity index (χ0) is 18.9. The number of rotatable bonds is 6. The molecule has 0 aliphatic rings. The number of benzene rings is 1. The molecule has 0 saturated heterocycles. The van der Waals surface area contributed by atoms with Crippen LogP contribution in [0, 0.1) is 19.7 Å². The number of nitrogens with zero attached hydrogens (tertiary/aromatic N) is 2. The Hall–Kier alpha value is -2.96. The number of hydrogen-bond donors (Lipinski definition) is 3. The number of aryl methyl sites for hydroxylation is 2. The lowest BCUT2D eigenvalue weighted by Gasteiger charge is -2.12. The maximum atomic E-state index is 13.6.